The Bertz CT molecular complexity index is 832. The number of Topliss-reactive ketones (excluding diaryl/α,β-unsaturated/α-hetero) is 1. The van der Waals surface area contributed by atoms with Crippen molar-refractivity contribution in [3.05, 3.63) is 11.1 Å². The number of rotatable bonds is 1. The molecule has 0 aromatic carbocycles. The van der Waals surface area contributed by atoms with E-state index in [1.54, 1.807) is 0 Å². The van der Waals surface area contributed by atoms with Gasteiger partial charge in [0, 0.05) is 11.0 Å². The van der Waals surface area contributed by atoms with Crippen LogP contribution in [0.4, 0.5) is 0 Å². The molecular weight excluding hydrogens is 324 g/mol. The van der Waals surface area contributed by atoms with Gasteiger partial charge in [-0.15, -0.1) is 0 Å². The van der Waals surface area contributed by atoms with Gasteiger partial charge in [-0.25, -0.2) is 4.79 Å². The van der Waals surface area contributed by atoms with Crippen LogP contribution >= 0.6 is 0 Å². The molecule has 2 spiro atoms. The van der Waals surface area contributed by atoms with Crippen LogP contribution in [-0.4, -0.2) is 53.5 Å². The molecule has 25 heavy (non-hydrogen) atoms. The number of carbonyl (C=O) groups is 2. The second-order valence-corrected chi connectivity index (χ2v) is 9.01. The van der Waals surface area contributed by atoms with Crippen LogP contribution in [0.1, 0.15) is 39.5 Å². The van der Waals surface area contributed by atoms with Crippen molar-refractivity contribution >= 4 is 11.8 Å². The molecule has 4 aliphatic heterocycles. The number of ketones is 1. The lowest BCUT2D eigenvalue weighted by molar-refractivity contribution is -0.138. The van der Waals surface area contributed by atoms with E-state index in [1.165, 1.54) is 0 Å². The van der Waals surface area contributed by atoms with Gasteiger partial charge in [0.15, 0.2) is 11.2 Å². The Balaban J connectivity index is 1.41. The summed E-state index contributed by atoms with van der Waals surface area (Å²) in [6.07, 6.45) is 2.72. The molecule has 2 saturated carbocycles. The van der Waals surface area contributed by atoms with Gasteiger partial charge in [-0.1, -0.05) is 13.8 Å². The molecule has 7 aliphatic rings. The first-order valence-corrected chi connectivity index (χ1v) is 9.44. The molecule has 6 nitrogen and oxygen atoms in total. The summed E-state index contributed by atoms with van der Waals surface area (Å²) in [5, 5.41) is 0. The minimum atomic E-state index is -0.812. The van der Waals surface area contributed by atoms with Gasteiger partial charge in [0.25, 0.3) is 0 Å². The highest BCUT2D eigenvalue weighted by molar-refractivity contribution is 6.04. The Kier molecular flexibility index (Phi) is 1.93. The topological polar surface area (TPSA) is 81.0 Å². The third-order valence-corrected chi connectivity index (χ3v) is 8.57. The van der Waals surface area contributed by atoms with Crippen LogP contribution < -0.4 is 0 Å². The van der Waals surface area contributed by atoms with Gasteiger partial charge in [-0.05, 0) is 37.2 Å². The number of esters is 1. The number of fused-ring (bicyclic) bond motifs is 4. The Hall–Kier alpha value is -1.24. The smallest absolute Gasteiger partial charge is 0.334 e. The summed E-state index contributed by atoms with van der Waals surface area (Å²) in [5.41, 5.74) is -0.283. The Morgan fingerprint density at radius 1 is 1.16 bits per heavy atom. The number of hydrogen-bond acceptors (Lipinski definition) is 6. The van der Waals surface area contributed by atoms with Gasteiger partial charge >= 0.3 is 5.97 Å². The van der Waals surface area contributed by atoms with Gasteiger partial charge in [-0.3, -0.25) is 4.79 Å². The highest BCUT2D eigenvalue weighted by atomic mass is 16.7. The van der Waals surface area contributed by atoms with E-state index in [0.29, 0.717) is 19.4 Å². The fraction of sp³-hybridized carbons (Fsp3) is 0.789. The zero-order valence-electron chi connectivity index (χ0n) is 14.3. The fourth-order valence-electron chi connectivity index (χ4n) is 7.19. The summed E-state index contributed by atoms with van der Waals surface area (Å²) in [6.45, 7) is 4.63. The van der Waals surface area contributed by atoms with Gasteiger partial charge in [0.2, 0.25) is 5.78 Å². The van der Waals surface area contributed by atoms with Gasteiger partial charge in [0.05, 0.1) is 6.10 Å². The van der Waals surface area contributed by atoms with Crippen LogP contribution in [0, 0.1) is 11.3 Å². The molecule has 3 aliphatic carbocycles. The van der Waals surface area contributed by atoms with E-state index in [2.05, 4.69) is 6.92 Å². The SMILES string of the molecule is CCC12OC1C1OC13C1(C)CCC4=C(COC4=O)C1CC1OC13C2=O. The molecule has 132 valence electrons. The predicted octanol–water partition coefficient (Wildman–Crippen LogP) is 1.07. The molecular formula is C19H20O6. The average Bonchev–Trinajstić information content (AvgIpc) is 3.48. The number of hydrogen-bond donors (Lipinski definition) is 0. The second kappa shape index (κ2) is 3.47. The molecule has 8 unspecified atom stereocenters. The van der Waals surface area contributed by atoms with E-state index in [9.17, 15) is 9.59 Å². The first kappa shape index (κ1) is 13.9. The van der Waals surface area contributed by atoms with E-state index >= 15 is 0 Å². The Morgan fingerprint density at radius 2 is 2.00 bits per heavy atom. The molecule has 5 fully saturated rings. The van der Waals surface area contributed by atoms with E-state index in [0.717, 1.165) is 24.0 Å². The predicted molar refractivity (Wildman–Crippen MR) is 81.5 cm³/mol. The molecule has 0 bridgehead atoms. The standard InChI is InChI=1S/C19H20O6/c1-3-17-12(24-17)13-19(25-13)16(2)5-4-8-9(7-22-14(8)20)10(16)6-11-18(19,23-11)15(17)21/h10-13H,3-7H2,1-2H3. The first-order chi connectivity index (χ1) is 12.0. The van der Waals surface area contributed by atoms with Crippen LogP contribution in [0.15, 0.2) is 11.1 Å². The Labute approximate surface area is 144 Å². The third kappa shape index (κ3) is 1.07. The van der Waals surface area contributed by atoms with Crippen molar-refractivity contribution in [2.45, 2.75) is 74.6 Å². The number of carbonyl (C=O) groups excluding carboxylic acids is 2. The van der Waals surface area contributed by atoms with Crippen molar-refractivity contribution in [3.63, 3.8) is 0 Å². The van der Waals surface area contributed by atoms with Gasteiger partial charge in [0.1, 0.15) is 24.4 Å². The maximum absolute atomic E-state index is 13.4. The normalized spacial score (nSPS) is 62.0. The fourth-order valence-corrected chi connectivity index (χ4v) is 7.19. The zero-order valence-corrected chi connectivity index (χ0v) is 14.3. The van der Waals surface area contributed by atoms with Crippen molar-refractivity contribution in [2.75, 3.05) is 6.61 Å². The van der Waals surface area contributed by atoms with Crippen LogP contribution in [0.5, 0.6) is 0 Å². The summed E-state index contributed by atoms with van der Waals surface area (Å²) in [5.74, 6) is 0.144. The van der Waals surface area contributed by atoms with E-state index < -0.39 is 16.8 Å². The first-order valence-electron chi connectivity index (χ1n) is 9.44. The van der Waals surface area contributed by atoms with Crippen molar-refractivity contribution in [1.29, 1.82) is 0 Å². The minimum Gasteiger partial charge on any atom is -0.458 e. The monoisotopic (exact) mass is 344 g/mol. The summed E-state index contributed by atoms with van der Waals surface area (Å²) < 4.78 is 23.8. The lowest BCUT2D eigenvalue weighted by Crippen LogP contribution is -2.66. The molecule has 4 heterocycles. The number of epoxide rings is 3. The summed E-state index contributed by atoms with van der Waals surface area (Å²) in [4.78, 5) is 25.5. The third-order valence-electron chi connectivity index (χ3n) is 8.57. The lowest BCUT2D eigenvalue weighted by Gasteiger charge is -2.51. The summed E-state index contributed by atoms with van der Waals surface area (Å²) >= 11 is 0. The average molecular weight is 344 g/mol. The molecule has 0 amide bonds. The highest BCUT2D eigenvalue weighted by Crippen LogP contribution is 2.81. The second-order valence-electron chi connectivity index (χ2n) is 9.01. The van der Waals surface area contributed by atoms with Crippen LogP contribution in [0.25, 0.3) is 0 Å². The zero-order chi connectivity index (χ0) is 17.0. The maximum atomic E-state index is 13.4. The molecule has 7 rings (SSSR count). The molecule has 6 heteroatoms. The van der Waals surface area contributed by atoms with E-state index in [1.807, 2.05) is 6.92 Å². The Morgan fingerprint density at radius 3 is 2.80 bits per heavy atom. The van der Waals surface area contributed by atoms with Gasteiger partial charge in [-0.2, -0.15) is 0 Å². The van der Waals surface area contributed by atoms with Gasteiger partial charge < -0.3 is 18.9 Å². The van der Waals surface area contributed by atoms with Crippen LogP contribution in [0.3, 0.4) is 0 Å². The largest absolute Gasteiger partial charge is 0.458 e. The van der Waals surface area contributed by atoms with Crippen molar-refractivity contribution in [2.24, 2.45) is 11.3 Å². The molecule has 8 atom stereocenters. The van der Waals surface area contributed by atoms with Crippen LogP contribution in [0.2, 0.25) is 0 Å². The van der Waals surface area contributed by atoms with Crippen molar-refractivity contribution in [1.82, 2.24) is 0 Å². The van der Waals surface area contributed by atoms with Crippen molar-refractivity contribution < 1.29 is 28.5 Å². The summed E-state index contributed by atoms with van der Waals surface area (Å²) in [7, 11) is 0. The van der Waals surface area contributed by atoms with Crippen molar-refractivity contribution in [3.8, 4) is 0 Å². The summed E-state index contributed by atoms with van der Waals surface area (Å²) in [6, 6.07) is 0. The van der Waals surface area contributed by atoms with Crippen LogP contribution in [-0.2, 0) is 28.5 Å². The quantitative estimate of drug-likeness (QED) is 0.523. The molecule has 3 saturated heterocycles. The van der Waals surface area contributed by atoms with E-state index in [4.69, 9.17) is 18.9 Å². The molecule has 0 N–H and O–H groups in total. The number of ether oxygens (including phenoxy) is 4. The minimum absolute atomic E-state index is 0.0527. The highest BCUT2D eigenvalue weighted by Gasteiger charge is 3.00. The van der Waals surface area contributed by atoms with E-state index in [-0.39, 0.29) is 41.4 Å². The maximum Gasteiger partial charge on any atom is 0.334 e. The molecule has 0 aromatic heterocycles. The lowest BCUT2D eigenvalue weighted by atomic mass is 9.47. The molecule has 0 radical (unpaired) electrons. The molecule has 0 aromatic rings. The number of cyclic esters (lactones) is 1.